The molecule has 4 rings (SSSR count). The van der Waals surface area contributed by atoms with Crippen molar-refractivity contribution in [1.29, 1.82) is 0 Å². The number of benzene rings is 4. The van der Waals surface area contributed by atoms with Crippen molar-refractivity contribution in [1.82, 2.24) is 0 Å². The average molecular weight is 520 g/mol. The van der Waals surface area contributed by atoms with E-state index in [1.165, 1.54) is 32.3 Å². The van der Waals surface area contributed by atoms with Crippen molar-refractivity contribution in [3.8, 4) is 0 Å². The second-order valence-electron chi connectivity index (χ2n) is 7.54. The predicted octanol–water partition coefficient (Wildman–Crippen LogP) is 7.96. The maximum atomic E-state index is 3.73. The van der Waals surface area contributed by atoms with E-state index in [9.17, 15) is 0 Å². The van der Waals surface area contributed by atoms with Crippen LogP contribution in [0, 0.1) is 0 Å². The molecule has 0 N–H and O–H groups in total. The van der Waals surface area contributed by atoms with Crippen LogP contribution < -0.4 is 0 Å². The Balaban J connectivity index is 1.95. The lowest BCUT2D eigenvalue weighted by Gasteiger charge is -2.36. The van der Waals surface area contributed by atoms with E-state index in [4.69, 9.17) is 0 Å². The Kier molecular flexibility index (Phi) is 6.86. The van der Waals surface area contributed by atoms with Crippen LogP contribution in [-0.4, -0.2) is 5.33 Å². The van der Waals surface area contributed by atoms with Crippen LogP contribution in [0.1, 0.15) is 27.8 Å². The fourth-order valence-electron chi connectivity index (χ4n) is 4.31. The molecule has 0 saturated heterocycles. The van der Waals surface area contributed by atoms with Gasteiger partial charge in [0, 0.05) is 15.2 Å². The minimum Gasteiger partial charge on any atom is -0.0924 e. The summed E-state index contributed by atoms with van der Waals surface area (Å²) in [7, 11) is 0. The molecule has 4 aromatic rings. The highest BCUT2D eigenvalue weighted by Crippen LogP contribution is 2.42. The van der Waals surface area contributed by atoms with Crippen molar-refractivity contribution in [2.75, 3.05) is 5.33 Å². The zero-order chi connectivity index (χ0) is 20.8. The molecule has 0 unspecified atom stereocenters. The molecule has 150 valence electrons. The van der Waals surface area contributed by atoms with Gasteiger partial charge in [0.05, 0.1) is 0 Å². The Morgan fingerprint density at radius 1 is 0.600 bits per heavy atom. The maximum absolute atomic E-state index is 3.73. The van der Waals surface area contributed by atoms with Crippen molar-refractivity contribution in [2.24, 2.45) is 0 Å². The molecule has 0 saturated carbocycles. The van der Waals surface area contributed by atoms with Gasteiger partial charge in [-0.25, -0.2) is 0 Å². The minimum absolute atomic E-state index is 0.261. The van der Waals surface area contributed by atoms with E-state index in [2.05, 4.69) is 141 Å². The summed E-state index contributed by atoms with van der Waals surface area (Å²) in [4.78, 5) is 0. The van der Waals surface area contributed by atoms with E-state index in [0.29, 0.717) is 0 Å². The van der Waals surface area contributed by atoms with Crippen LogP contribution >= 0.6 is 31.9 Å². The molecule has 0 radical (unpaired) electrons. The van der Waals surface area contributed by atoms with Crippen molar-refractivity contribution >= 4 is 31.9 Å². The highest BCUT2D eigenvalue weighted by atomic mass is 79.9. The molecule has 0 fully saturated rings. The molecule has 2 heteroatoms. The first kappa shape index (κ1) is 21.1. The van der Waals surface area contributed by atoms with Gasteiger partial charge in [0.1, 0.15) is 0 Å². The van der Waals surface area contributed by atoms with Crippen LogP contribution in [0.4, 0.5) is 0 Å². The first-order chi connectivity index (χ1) is 14.7. The zero-order valence-electron chi connectivity index (χ0n) is 16.8. The average Bonchev–Trinajstić information content (AvgIpc) is 2.81. The van der Waals surface area contributed by atoms with Gasteiger partial charge >= 0.3 is 0 Å². The SMILES string of the molecule is BrCCc1cc(CC(c2ccccc2)(c2ccccc2)c2ccccc2)ccc1Br. The van der Waals surface area contributed by atoms with Crippen LogP contribution in [0.5, 0.6) is 0 Å². The topological polar surface area (TPSA) is 0 Å². The lowest BCUT2D eigenvalue weighted by atomic mass is 9.66. The fraction of sp³-hybridized carbons (Fsp3) is 0.143. The number of hydrogen-bond donors (Lipinski definition) is 0. The van der Waals surface area contributed by atoms with Crippen LogP contribution in [0.3, 0.4) is 0 Å². The molecule has 4 aromatic carbocycles. The highest BCUT2D eigenvalue weighted by molar-refractivity contribution is 9.10. The van der Waals surface area contributed by atoms with E-state index >= 15 is 0 Å². The zero-order valence-corrected chi connectivity index (χ0v) is 19.9. The van der Waals surface area contributed by atoms with Gasteiger partial charge in [-0.1, -0.05) is 135 Å². The van der Waals surface area contributed by atoms with Crippen LogP contribution in [0.15, 0.2) is 114 Å². The summed E-state index contributed by atoms with van der Waals surface area (Å²) in [6.07, 6.45) is 1.90. The fourth-order valence-corrected chi connectivity index (χ4v) is 5.18. The Morgan fingerprint density at radius 3 is 1.50 bits per heavy atom. The first-order valence-corrected chi connectivity index (χ1v) is 12.2. The van der Waals surface area contributed by atoms with Crippen molar-refractivity contribution in [2.45, 2.75) is 18.3 Å². The maximum Gasteiger partial charge on any atom is 0.0491 e. The van der Waals surface area contributed by atoms with Gasteiger partial charge in [-0.3, -0.25) is 0 Å². The smallest absolute Gasteiger partial charge is 0.0491 e. The Morgan fingerprint density at radius 2 is 1.07 bits per heavy atom. The molecule has 0 aliphatic carbocycles. The quantitative estimate of drug-likeness (QED) is 0.171. The summed E-state index contributed by atoms with van der Waals surface area (Å²) in [5, 5.41) is 0.955. The van der Waals surface area contributed by atoms with Gasteiger partial charge in [-0.15, -0.1) is 0 Å². The monoisotopic (exact) mass is 518 g/mol. The summed E-state index contributed by atoms with van der Waals surface area (Å²) in [5.74, 6) is 0. The molecule has 0 aliphatic heterocycles. The molecular weight excluding hydrogens is 496 g/mol. The first-order valence-electron chi connectivity index (χ1n) is 10.2. The molecule has 0 spiro atoms. The summed E-state index contributed by atoms with van der Waals surface area (Å²) >= 11 is 7.32. The highest BCUT2D eigenvalue weighted by Gasteiger charge is 2.36. The largest absolute Gasteiger partial charge is 0.0924 e. The van der Waals surface area contributed by atoms with Crippen LogP contribution in [0.2, 0.25) is 0 Å². The van der Waals surface area contributed by atoms with Gasteiger partial charge in [0.2, 0.25) is 0 Å². The molecule has 0 aromatic heterocycles. The normalized spacial score (nSPS) is 11.4. The van der Waals surface area contributed by atoms with E-state index in [-0.39, 0.29) is 5.41 Å². The van der Waals surface area contributed by atoms with E-state index in [0.717, 1.165) is 18.2 Å². The van der Waals surface area contributed by atoms with Crippen molar-refractivity contribution in [3.05, 3.63) is 141 Å². The van der Waals surface area contributed by atoms with Gasteiger partial charge in [0.15, 0.2) is 0 Å². The van der Waals surface area contributed by atoms with E-state index in [1.54, 1.807) is 0 Å². The standard InChI is InChI=1S/C28H24Br2/c29-19-18-23-20-22(16-17-27(23)30)21-28(24-10-4-1-5-11-24,25-12-6-2-7-13-25)26-14-8-3-9-15-26/h1-17,20H,18-19,21H2. The summed E-state index contributed by atoms with van der Waals surface area (Å²) in [6, 6.07) is 39.5. The molecule has 0 aliphatic rings. The van der Waals surface area contributed by atoms with Crippen molar-refractivity contribution < 1.29 is 0 Å². The number of alkyl halides is 1. The molecule has 0 heterocycles. The summed E-state index contributed by atoms with van der Waals surface area (Å²) < 4.78 is 1.18. The van der Waals surface area contributed by atoms with Crippen LogP contribution in [0.25, 0.3) is 0 Å². The minimum atomic E-state index is -0.261. The number of halogens is 2. The number of hydrogen-bond acceptors (Lipinski definition) is 0. The predicted molar refractivity (Wildman–Crippen MR) is 135 cm³/mol. The molecule has 0 atom stereocenters. The lowest BCUT2D eigenvalue weighted by molar-refractivity contribution is 0.612. The summed E-state index contributed by atoms with van der Waals surface area (Å²) in [6.45, 7) is 0. The molecule has 30 heavy (non-hydrogen) atoms. The third-order valence-corrected chi connectivity index (χ3v) is 6.91. The van der Waals surface area contributed by atoms with Gasteiger partial charge in [-0.2, -0.15) is 0 Å². The van der Waals surface area contributed by atoms with Crippen LogP contribution in [-0.2, 0) is 18.3 Å². The van der Waals surface area contributed by atoms with Crippen molar-refractivity contribution in [3.63, 3.8) is 0 Å². The van der Waals surface area contributed by atoms with E-state index in [1.807, 2.05) is 0 Å². The number of aryl methyl sites for hydroxylation is 1. The van der Waals surface area contributed by atoms with Gasteiger partial charge < -0.3 is 0 Å². The van der Waals surface area contributed by atoms with E-state index < -0.39 is 0 Å². The Hall–Kier alpha value is -2.16. The van der Waals surface area contributed by atoms with Gasteiger partial charge in [0.25, 0.3) is 0 Å². The molecular formula is C28H24Br2. The van der Waals surface area contributed by atoms with Gasteiger partial charge in [-0.05, 0) is 46.7 Å². The third kappa shape index (κ3) is 4.31. The molecule has 0 amide bonds. The summed E-state index contributed by atoms with van der Waals surface area (Å²) in [5.41, 5.74) is 6.36. The second-order valence-corrected chi connectivity index (χ2v) is 9.19. The number of rotatable bonds is 7. The molecule has 0 nitrogen and oxygen atoms in total. The second kappa shape index (κ2) is 9.76. The molecule has 0 bridgehead atoms. The third-order valence-electron chi connectivity index (χ3n) is 5.74. The lowest BCUT2D eigenvalue weighted by Crippen LogP contribution is -2.32. The Labute approximate surface area is 196 Å². The Bertz CT molecular complexity index is 977.